The van der Waals surface area contributed by atoms with E-state index in [0.717, 1.165) is 0 Å². The number of carbonyl (C=O) groups excluding carboxylic acids is 4. The van der Waals surface area contributed by atoms with Gasteiger partial charge in [0, 0.05) is 0 Å². The summed E-state index contributed by atoms with van der Waals surface area (Å²) < 4.78 is 0. The fraction of sp³-hybridized carbons (Fsp3) is 0.750. The van der Waals surface area contributed by atoms with Crippen LogP contribution in [-0.2, 0) is 19.2 Å². The molecule has 0 saturated carbocycles. The SMILES string of the molecule is CC(C)C[C@H](N)C(=O)N[C@@H](C)C(=O)NCC(=O)N[C@H](C(N)=O)C(C)C. The average Bonchev–Trinajstić information content (AvgIpc) is 2.48. The molecule has 0 unspecified atom stereocenters. The summed E-state index contributed by atoms with van der Waals surface area (Å²) >= 11 is 0. The number of amides is 4. The van der Waals surface area contributed by atoms with Crippen molar-refractivity contribution in [3.05, 3.63) is 0 Å². The van der Waals surface area contributed by atoms with Crippen molar-refractivity contribution in [3.63, 3.8) is 0 Å². The van der Waals surface area contributed by atoms with Crippen LogP contribution in [0.4, 0.5) is 0 Å². The summed E-state index contributed by atoms with van der Waals surface area (Å²) in [7, 11) is 0. The van der Waals surface area contributed by atoms with Crippen LogP contribution in [0.25, 0.3) is 0 Å². The third-order valence-corrected chi connectivity index (χ3v) is 3.53. The third kappa shape index (κ3) is 9.04. The maximum atomic E-state index is 11.9. The largest absolute Gasteiger partial charge is 0.368 e. The summed E-state index contributed by atoms with van der Waals surface area (Å²) in [5.74, 6) is -2.05. The van der Waals surface area contributed by atoms with Crippen molar-refractivity contribution in [2.75, 3.05) is 6.54 Å². The summed E-state index contributed by atoms with van der Waals surface area (Å²) in [4.78, 5) is 46.9. The molecule has 0 aliphatic heterocycles. The molecule has 0 spiro atoms. The van der Waals surface area contributed by atoms with E-state index in [9.17, 15) is 19.2 Å². The number of carbonyl (C=O) groups is 4. The summed E-state index contributed by atoms with van der Waals surface area (Å²) in [6, 6.07) is -2.34. The molecule has 144 valence electrons. The van der Waals surface area contributed by atoms with Crippen molar-refractivity contribution in [2.45, 2.75) is 59.2 Å². The molecule has 25 heavy (non-hydrogen) atoms. The first-order valence-electron chi connectivity index (χ1n) is 8.38. The molecule has 0 aromatic carbocycles. The Bertz CT molecular complexity index is 493. The van der Waals surface area contributed by atoms with Crippen LogP contribution in [-0.4, -0.2) is 48.3 Å². The van der Waals surface area contributed by atoms with E-state index >= 15 is 0 Å². The van der Waals surface area contributed by atoms with Crippen LogP contribution in [0.15, 0.2) is 0 Å². The van der Waals surface area contributed by atoms with E-state index in [1.54, 1.807) is 13.8 Å². The molecule has 0 aromatic rings. The molecule has 0 aromatic heterocycles. The Balaban J connectivity index is 4.38. The topological polar surface area (TPSA) is 156 Å². The number of rotatable bonds is 10. The van der Waals surface area contributed by atoms with E-state index in [-0.39, 0.29) is 18.4 Å². The van der Waals surface area contributed by atoms with Crippen LogP contribution in [0.5, 0.6) is 0 Å². The van der Waals surface area contributed by atoms with Gasteiger partial charge in [-0.15, -0.1) is 0 Å². The van der Waals surface area contributed by atoms with Gasteiger partial charge in [-0.2, -0.15) is 0 Å². The molecule has 3 atom stereocenters. The van der Waals surface area contributed by atoms with E-state index in [2.05, 4.69) is 16.0 Å². The maximum absolute atomic E-state index is 11.9. The fourth-order valence-electron chi connectivity index (χ4n) is 2.11. The minimum atomic E-state index is -0.837. The van der Waals surface area contributed by atoms with Gasteiger partial charge in [0.2, 0.25) is 23.6 Å². The molecule has 9 heteroatoms. The molecule has 0 radical (unpaired) electrons. The highest BCUT2D eigenvalue weighted by Crippen LogP contribution is 2.03. The van der Waals surface area contributed by atoms with E-state index < -0.39 is 41.8 Å². The zero-order valence-corrected chi connectivity index (χ0v) is 15.6. The van der Waals surface area contributed by atoms with E-state index in [1.165, 1.54) is 6.92 Å². The van der Waals surface area contributed by atoms with Crippen molar-refractivity contribution >= 4 is 23.6 Å². The second kappa shape index (κ2) is 10.7. The van der Waals surface area contributed by atoms with Gasteiger partial charge in [0.1, 0.15) is 12.1 Å². The predicted octanol–water partition coefficient (Wildman–Crippen LogP) is -1.39. The minimum absolute atomic E-state index is 0.169. The smallest absolute Gasteiger partial charge is 0.242 e. The molecule has 0 bridgehead atoms. The van der Waals surface area contributed by atoms with Crippen molar-refractivity contribution < 1.29 is 19.2 Å². The lowest BCUT2D eigenvalue weighted by Gasteiger charge is -2.20. The van der Waals surface area contributed by atoms with Gasteiger partial charge in [-0.1, -0.05) is 27.7 Å². The van der Waals surface area contributed by atoms with Gasteiger partial charge in [-0.3, -0.25) is 19.2 Å². The van der Waals surface area contributed by atoms with Gasteiger partial charge in [0.05, 0.1) is 12.6 Å². The lowest BCUT2D eigenvalue weighted by molar-refractivity contribution is -0.131. The normalized spacial score (nSPS) is 14.6. The van der Waals surface area contributed by atoms with E-state index in [0.29, 0.717) is 6.42 Å². The Morgan fingerprint density at radius 2 is 1.48 bits per heavy atom. The molecule has 0 aliphatic rings. The van der Waals surface area contributed by atoms with E-state index in [4.69, 9.17) is 11.5 Å². The Labute approximate surface area is 148 Å². The molecule has 9 nitrogen and oxygen atoms in total. The first-order valence-corrected chi connectivity index (χ1v) is 8.38. The van der Waals surface area contributed by atoms with Crippen LogP contribution in [0.2, 0.25) is 0 Å². The monoisotopic (exact) mass is 357 g/mol. The molecular formula is C16H31N5O4. The predicted molar refractivity (Wildman–Crippen MR) is 94.0 cm³/mol. The third-order valence-electron chi connectivity index (χ3n) is 3.53. The fourth-order valence-corrected chi connectivity index (χ4v) is 2.11. The Morgan fingerprint density at radius 1 is 0.920 bits per heavy atom. The van der Waals surface area contributed by atoms with Crippen molar-refractivity contribution in [1.82, 2.24) is 16.0 Å². The van der Waals surface area contributed by atoms with E-state index in [1.807, 2.05) is 13.8 Å². The molecule has 0 heterocycles. The Hall–Kier alpha value is -2.16. The van der Waals surface area contributed by atoms with Crippen molar-refractivity contribution in [3.8, 4) is 0 Å². The highest BCUT2D eigenvalue weighted by atomic mass is 16.2. The number of nitrogens with one attached hydrogen (secondary N) is 3. The molecular weight excluding hydrogens is 326 g/mol. The standard InChI is InChI=1S/C16H31N5O4/c1-8(2)6-11(17)16(25)20-10(5)15(24)19-7-12(22)21-13(9(3)4)14(18)23/h8-11,13H,6-7,17H2,1-5H3,(H2,18,23)(H,19,24)(H,20,25)(H,21,22)/t10-,11-,13-/m0/s1. The lowest BCUT2D eigenvalue weighted by Crippen LogP contribution is -2.53. The number of nitrogens with two attached hydrogens (primary N) is 2. The molecule has 0 saturated heterocycles. The van der Waals surface area contributed by atoms with Crippen LogP contribution in [0.1, 0.15) is 41.0 Å². The summed E-state index contributed by atoms with van der Waals surface area (Å²) in [6.07, 6.45) is 0.506. The quantitative estimate of drug-likeness (QED) is 0.325. The molecule has 7 N–H and O–H groups in total. The van der Waals surface area contributed by atoms with Crippen LogP contribution in [0.3, 0.4) is 0 Å². The number of hydrogen-bond acceptors (Lipinski definition) is 5. The Kier molecular flexibility index (Phi) is 9.73. The van der Waals surface area contributed by atoms with Gasteiger partial charge in [0.15, 0.2) is 0 Å². The highest BCUT2D eigenvalue weighted by molar-refractivity contribution is 5.92. The summed E-state index contributed by atoms with van der Waals surface area (Å²) in [5.41, 5.74) is 11.0. The second-order valence-corrected chi connectivity index (χ2v) is 6.88. The van der Waals surface area contributed by atoms with Crippen molar-refractivity contribution in [1.29, 1.82) is 0 Å². The van der Waals surface area contributed by atoms with Gasteiger partial charge in [0.25, 0.3) is 0 Å². The Morgan fingerprint density at radius 3 is 1.92 bits per heavy atom. The zero-order chi connectivity index (χ0) is 19.7. The second-order valence-electron chi connectivity index (χ2n) is 6.88. The molecule has 4 amide bonds. The van der Waals surface area contributed by atoms with Crippen LogP contribution < -0.4 is 27.4 Å². The van der Waals surface area contributed by atoms with Gasteiger partial charge in [-0.05, 0) is 25.2 Å². The average molecular weight is 357 g/mol. The zero-order valence-electron chi connectivity index (χ0n) is 15.6. The van der Waals surface area contributed by atoms with Crippen LogP contribution >= 0.6 is 0 Å². The number of hydrogen-bond donors (Lipinski definition) is 5. The van der Waals surface area contributed by atoms with Crippen molar-refractivity contribution in [2.24, 2.45) is 23.3 Å². The van der Waals surface area contributed by atoms with Gasteiger partial charge < -0.3 is 27.4 Å². The van der Waals surface area contributed by atoms with Crippen LogP contribution in [0, 0.1) is 11.8 Å². The summed E-state index contributed by atoms with van der Waals surface area (Å²) in [5, 5.41) is 7.35. The first kappa shape index (κ1) is 22.8. The summed E-state index contributed by atoms with van der Waals surface area (Å²) in [6.45, 7) is 8.54. The van der Waals surface area contributed by atoms with Gasteiger partial charge >= 0.3 is 0 Å². The lowest BCUT2D eigenvalue weighted by atomic mass is 10.0. The minimum Gasteiger partial charge on any atom is -0.368 e. The molecule has 0 rings (SSSR count). The first-order chi connectivity index (χ1) is 11.5. The molecule has 0 fully saturated rings. The number of primary amides is 1. The maximum Gasteiger partial charge on any atom is 0.242 e. The highest BCUT2D eigenvalue weighted by Gasteiger charge is 2.23. The van der Waals surface area contributed by atoms with Gasteiger partial charge in [-0.25, -0.2) is 0 Å². The molecule has 0 aliphatic carbocycles.